The van der Waals surface area contributed by atoms with Gasteiger partial charge in [0.1, 0.15) is 6.61 Å². The predicted molar refractivity (Wildman–Crippen MR) is 64.9 cm³/mol. The summed E-state index contributed by atoms with van der Waals surface area (Å²) in [5.41, 5.74) is 0.561. The predicted octanol–water partition coefficient (Wildman–Crippen LogP) is 4.04. The summed E-state index contributed by atoms with van der Waals surface area (Å²) in [4.78, 5) is 3.99. The van der Waals surface area contributed by atoms with Crippen molar-refractivity contribution in [3.8, 4) is 5.75 Å². The van der Waals surface area contributed by atoms with Crippen molar-refractivity contribution in [1.29, 1.82) is 0 Å². The Morgan fingerprint density at radius 2 is 2.38 bits per heavy atom. The van der Waals surface area contributed by atoms with Gasteiger partial charge in [-0.25, -0.2) is 9.37 Å². The highest BCUT2D eigenvalue weighted by molar-refractivity contribution is 7.22. The number of benzene rings is 1. The maximum atomic E-state index is 13.5. The van der Waals surface area contributed by atoms with Gasteiger partial charge >= 0.3 is 0 Å². The van der Waals surface area contributed by atoms with Gasteiger partial charge in [-0.3, -0.25) is 0 Å². The molecule has 1 aromatic carbocycles. The Morgan fingerprint density at radius 3 is 3.12 bits per heavy atom. The largest absolute Gasteiger partial charge is 0.486 e. The van der Waals surface area contributed by atoms with E-state index in [9.17, 15) is 4.39 Å². The number of halogens is 2. The molecule has 0 spiro atoms. The second-order valence-electron chi connectivity index (χ2n) is 3.10. The zero-order valence-corrected chi connectivity index (χ0v) is 10.1. The first kappa shape index (κ1) is 11.4. The lowest BCUT2D eigenvalue weighted by molar-refractivity contribution is 0.342. The van der Waals surface area contributed by atoms with Gasteiger partial charge in [-0.05, 0) is 6.92 Å². The van der Waals surface area contributed by atoms with Gasteiger partial charge in [0, 0.05) is 12.1 Å². The Bertz CT molecular complexity index is 538. The fraction of sp³-hybridized carbons (Fsp3) is 0.182. The van der Waals surface area contributed by atoms with Gasteiger partial charge in [0.2, 0.25) is 0 Å². The lowest BCUT2D eigenvalue weighted by Gasteiger charge is -2.03. The Balaban J connectivity index is 2.33. The average Bonchev–Trinajstić information content (AvgIpc) is 2.58. The molecule has 0 aliphatic carbocycles. The lowest BCUT2D eigenvalue weighted by atomic mass is 10.3. The molecule has 16 heavy (non-hydrogen) atoms. The van der Waals surface area contributed by atoms with Gasteiger partial charge in [-0.2, -0.15) is 0 Å². The molecule has 0 radical (unpaired) electrons. The van der Waals surface area contributed by atoms with Crippen molar-refractivity contribution in [3.63, 3.8) is 0 Å². The monoisotopic (exact) mass is 257 g/mol. The van der Waals surface area contributed by atoms with Crippen LogP contribution < -0.4 is 4.74 Å². The molecule has 2 nitrogen and oxygen atoms in total. The van der Waals surface area contributed by atoms with Gasteiger partial charge in [-0.15, -0.1) is 11.3 Å². The molecule has 0 fully saturated rings. The van der Waals surface area contributed by atoms with E-state index in [0.29, 0.717) is 16.6 Å². The fourth-order valence-electron chi connectivity index (χ4n) is 1.25. The van der Waals surface area contributed by atoms with E-state index in [1.54, 1.807) is 6.07 Å². The van der Waals surface area contributed by atoms with E-state index in [0.717, 1.165) is 4.70 Å². The number of ether oxygens (including phenoxy) is 1. The van der Waals surface area contributed by atoms with Crippen molar-refractivity contribution in [2.75, 3.05) is 6.61 Å². The van der Waals surface area contributed by atoms with Crippen LogP contribution in [0.4, 0.5) is 4.39 Å². The first-order valence-electron chi connectivity index (χ1n) is 4.70. The van der Waals surface area contributed by atoms with Crippen molar-refractivity contribution < 1.29 is 9.13 Å². The Morgan fingerprint density at radius 1 is 1.56 bits per heavy atom. The van der Waals surface area contributed by atoms with E-state index >= 15 is 0 Å². The van der Waals surface area contributed by atoms with Crippen LogP contribution in [0.3, 0.4) is 0 Å². The zero-order chi connectivity index (χ0) is 11.5. The quantitative estimate of drug-likeness (QED) is 0.774. The third kappa shape index (κ3) is 2.33. The summed E-state index contributed by atoms with van der Waals surface area (Å²) in [7, 11) is 0. The molecule has 0 saturated heterocycles. The standard InChI is InChI=1S/C11H9ClFNOS/c1-2-3-4-15-9-6-10-8(5-7(9)13)14-11(12)16-10/h2-3,5-6H,4H2,1H3/b3-2+. The zero-order valence-electron chi connectivity index (χ0n) is 8.54. The summed E-state index contributed by atoms with van der Waals surface area (Å²) in [6.07, 6.45) is 3.66. The van der Waals surface area contributed by atoms with Gasteiger partial charge in [0.05, 0.1) is 10.2 Å². The molecule has 1 aromatic heterocycles. The highest BCUT2D eigenvalue weighted by Gasteiger charge is 2.09. The van der Waals surface area contributed by atoms with Crippen LogP contribution in [0.2, 0.25) is 4.47 Å². The van der Waals surface area contributed by atoms with Crippen LogP contribution in [-0.2, 0) is 0 Å². The molecular weight excluding hydrogens is 249 g/mol. The molecule has 2 rings (SSSR count). The summed E-state index contributed by atoms with van der Waals surface area (Å²) >= 11 is 7.05. The molecular formula is C11H9ClFNOS. The average molecular weight is 258 g/mol. The minimum Gasteiger partial charge on any atom is -0.486 e. The third-order valence-corrected chi connectivity index (χ3v) is 3.11. The number of hydrogen-bond donors (Lipinski definition) is 0. The first-order chi connectivity index (χ1) is 7.70. The van der Waals surface area contributed by atoms with Crippen LogP contribution >= 0.6 is 22.9 Å². The highest BCUT2D eigenvalue weighted by Crippen LogP contribution is 2.30. The first-order valence-corrected chi connectivity index (χ1v) is 5.89. The summed E-state index contributed by atoms with van der Waals surface area (Å²) in [5, 5.41) is 0. The second-order valence-corrected chi connectivity index (χ2v) is 4.71. The van der Waals surface area contributed by atoms with Crippen molar-refractivity contribution >= 4 is 33.2 Å². The Kier molecular flexibility index (Phi) is 3.41. The second kappa shape index (κ2) is 4.80. The van der Waals surface area contributed by atoms with Crippen molar-refractivity contribution in [3.05, 3.63) is 34.6 Å². The number of fused-ring (bicyclic) bond motifs is 1. The maximum Gasteiger partial charge on any atom is 0.184 e. The molecule has 0 unspecified atom stereocenters. The number of thiazole rings is 1. The van der Waals surface area contributed by atoms with Crippen molar-refractivity contribution in [2.24, 2.45) is 0 Å². The number of hydrogen-bond acceptors (Lipinski definition) is 3. The molecule has 2 aromatic rings. The number of allylic oxidation sites excluding steroid dienone is 1. The smallest absolute Gasteiger partial charge is 0.184 e. The molecule has 0 aliphatic rings. The van der Waals surface area contributed by atoms with Gasteiger partial charge in [0.25, 0.3) is 0 Å². The van der Waals surface area contributed by atoms with Crippen LogP contribution in [0, 0.1) is 5.82 Å². The van der Waals surface area contributed by atoms with Crippen LogP contribution in [0.15, 0.2) is 24.3 Å². The summed E-state index contributed by atoms with van der Waals surface area (Å²) in [6.45, 7) is 2.23. The molecule has 0 amide bonds. The molecule has 0 atom stereocenters. The number of nitrogens with zero attached hydrogens (tertiary/aromatic N) is 1. The van der Waals surface area contributed by atoms with Gasteiger partial charge in [-0.1, -0.05) is 23.8 Å². The minimum absolute atomic E-state index is 0.228. The summed E-state index contributed by atoms with van der Waals surface area (Å²) in [6, 6.07) is 2.96. The van der Waals surface area contributed by atoms with Crippen LogP contribution in [-0.4, -0.2) is 11.6 Å². The molecule has 5 heteroatoms. The van der Waals surface area contributed by atoms with E-state index < -0.39 is 5.82 Å². The maximum absolute atomic E-state index is 13.5. The minimum atomic E-state index is -0.418. The van der Waals surface area contributed by atoms with Crippen LogP contribution in [0.25, 0.3) is 10.2 Å². The molecule has 84 valence electrons. The normalized spacial score (nSPS) is 11.4. The topological polar surface area (TPSA) is 22.1 Å². The fourth-order valence-corrected chi connectivity index (χ4v) is 2.29. The Labute approximate surface area is 101 Å². The third-order valence-electron chi connectivity index (χ3n) is 1.99. The molecule has 0 N–H and O–H groups in total. The van der Waals surface area contributed by atoms with Crippen molar-refractivity contribution in [1.82, 2.24) is 4.98 Å². The molecule has 0 saturated carbocycles. The Hall–Kier alpha value is -1.13. The van der Waals surface area contributed by atoms with Gasteiger partial charge < -0.3 is 4.74 Å². The van der Waals surface area contributed by atoms with Crippen LogP contribution in [0.5, 0.6) is 5.75 Å². The van der Waals surface area contributed by atoms with E-state index in [4.69, 9.17) is 16.3 Å². The number of rotatable bonds is 3. The SMILES string of the molecule is C/C=C/COc1cc2sc(Cl)nc2cc1F. The van der Waals surface area contributed by atoms with E-state index in [-0.39, 0.29) is 5.75 Å². The lowest BCUT2D eigenvalue weighted by Crippen LogP contribution is -1.95. The number of aromatic nitrogens is 1. The molecule has 0 bridgehead atoms. The van der Waals surface area contributed by atoms with Crippen LogP contribution in [0.1, 0.15) is 6.92 Å². The highest BCUT2D eigenvalue weighted by atomic mass is 35.5. The van der Waals surface area contributed by atoms with E-state index in [1.807, 2.05) is 19.1 Å². The summed E-state index contributed by atoms with van der Waals surface area (Å²) in [5.74, 6) is -0.190. The van der Waals surface area contributed by atoms with Gasteiger partial charge in [0.15, 0.2) is 16.0 Å². The van der Waals surface area contributed by atoms with Crippen molar-refractivity contribution in [2.45, 2.75) is 6.92 Å². The van der Waals surface area contributed by atoms with E-state index in [2.05, 4.69) is 4.98 Å². The molecule has 1 heterocycles. The summed E-state index contributed by atoms with van der Waals surface area (Å²) < 4.78 is 20.0. The van der Waals surface area contributed by atoms with E-state index in [1.165, 1.54) is 17.4 Å². The molecule has 0 aliphatic heterocycles.